The van der Waals surface area contributed by atoms with Crippen molar-refractivity contribution in [3.8, 4) is 0 Å². The third-order valence-corrected chi connectivity index (χ3v) is 5.26. The highest BCUT2D eigenvalue weighted by Crippen LogP contribution is 2.21. The maximum atomic E-state index is 12.7. The Morgan fingerprint density at radius 2 is 2.16 bits per heavy atom. The van der Waals surface area contributed by atoms with E-state index in [0.29, 0.717) is 0 Å². The Balaban J connectivity index is 1.55. The number of carbonyl (C=O) groups is 1. The topological polar surface area (TPSA) is 45.2 Å². The number of aromatic nitrogens is 1. The second kappa shape index (κ2) is 8.59. The van der Waals surface area contributed by atoms with E-state index < -0.39 is 0 Å². The van der Waals surface area contributed by atoms with Crippen LogP contribution in [0.1, 0.15) is 36.9 Å². The molecule has 1 aliphatic rings. The maximum Gasteiger partial charge on any atom is 0.224 e. The molecule has 1 aromatic heterocycles. The normalized spacial score (nSPS) is 19.4. The van der Waals surface area contributed by atoms with Gasteiger partial charge in [0, 0.05) is 30.0 Å². The van der Waals surface area contributed by atoms with E-state index in [1.165, 1.54) is 5.56 Å². The Hall–Kier alpha value is -1.72. The lowest BCUT2D eigenvalue weighted by atomic mass is 9.96. The molecule has 2 aromatic rings. The number of benzene rings is 1. The first-order valence-electron chi connectivity index (χ1n) is 8.79. The molecule has 25 heavy (non-hydrogen) atoms. The summed E-state index contributed by atoms with van der Waals surface area (Å²) in [5.74, 6) is 0.217. The van der Waals surface area contributed by atoms with Crippen molar-refractivity contribution in [2.45, 2.75) is 32.4 Å². The van der Waals surface area contributed by atoms with Crippen LogP contribution in [-0.2, 0) is 11.3 Å². The van der Waals surface area contributed by atoms with Gasteiger partial charge in [0.15, 0.2) is 0 Å². The number of carbonyl (C=O) groups excluding carboxylic acids is 1. The lowest BCUT2D eigenvalue weighted by molar-refractivity contribution is -0.127. The van der Waals surface area contributed by atoms with E-state index in [1.54, 1.807) is 6.20 Å². The molecular formula is C20H24BrN3O. The van der Waals surface area contributed by atoms with Crippen LogP contribution < -0.4 is 5.32 Å². The van der Waals surface area contributed by atoms with Gasteiger partial charge in [-0.2, -0.15) is 0 Å². The second-order valence-electron chi connectivity index (χ2n) is 6.72. The Morgan fingerprint density at radius 1 is 1.36 bits per heavy atom. The van der Waals surface area contributed by atoms with Crippen molar-refractivity contribution < 1.29 is 4.79 Å². The molecule has 1 amide bonds. The van der Waals surface area contributed by atoms with Crippen LogP contribution in [0.3, 0.4) is 0 Å². The number of hydrogen-bond donors (Lipinski definition) is 1. The highest BCUT2D eigenvalue weighted by molar-refractivity contribution is 9.10. The molecule has 3 rings (SSSR count). The molecule has 1 fully saturated rings. The van der Waals surface area contributed by atoms with Gasteiger partial charge in [-0.25, -0.2) is 0 Å². The zero-order valence-corrected chi connectivity index (χ0v) is 16.1. The smallest absolute Gasteiger partial charge is 0.224 e. The van der Waals surface area contributed by atoms with Crippen LogP contribution in [0.25, 0.3) is 0 Å². The minimum atomic E-state index is 0.0225. The maximum absolute atomic E-state index is 12.7. The van der Waals surface area contributed by atoms with E-state index >= 15 is 0 Å². The average Bonchev–Trinajstić information content (AvgIpc) is 2.63. The molecule has 4 nitrogen and oxygen atoms in total. The summed E-state index contributed by atoms with van der Waals surface area (Å²) in [6.45, 7) is 4.76. The first-order valence-corrected chi connectivity index (χ1v) is 9.58. The van der Waals surface area contributed by atoms with Gasteiger partial charge in [0.05, 0.1) is 12.0 Å². The van der Waals surface area contributed by atoms with Crippen LogP contribution >= 0.6 is 15.9 Å². The Kier molecular flexibility index (Phi) is 6.21. The quantitative estimate of drug-likeness (QED) is 0.824. The molecule has 1 saturated heterocycles. The van der Waals surface area contributed by atoms with Gasteiger partial charge >= 0.3 is 0 Å². The lowest BCUT2D eigenvalue weighted by Crippen LogP contribution is -2.43. The van der Waals surface area contributed by atoms with Gasteiger partial charge in [-0.05, 0) is 55.6 Å². The van der Waals surface area contributed by atoms with E-state index in [4.69, 9.17) is 0 Å². The van der Waals surface area contributed by atoms with Gasteiger partial charge in [-0.15, -0.1) is 0 Å². The Morgan fingerprint density at radius 3 is 2.88 bits per heavy atom. The predicted octanol–water partition coefficient (Wildman–Crippen LogP) is 3.93. The van der Waals surface area contributed by atoms with Gasteiger partial charge in [0.25, 0.3) is 0 Å². The zero-order valence-electron chi connectivity index (χ0n) is 14.5. The van der Waals surface area contributed by atoms with Crippen molar-refractivity contribution in [1.29, 1.82) is 0 Å². The second-order valence-corrected chi connectivity index (χ2v) is 7.63. The van der Waals surface area contributed by atoms with Gasteiger partial charge < -0.3 is 5.32 Å². The molecule has 5 heteroatoms. The number of nitrogens with zero attached hydrogens (tertiary/aromatic N) is 2. The molecular weight excluding hydrogens is 378 g/mol. The van der Waals surface area contributed by atoms with E-state index in [-0.39, 0.29) is 17.9 Å². The molecule has 2 unspecified atom stereocenters. The van der Waals surface area contributed by atoms with Crippen molar-refractivity contribution in [3.05, 3.63) is 64.4 Å². The molecule has 0 spiro atoms. The van der Waals surface area contributed by atoms with Crippen LogP contribution in [0, 0.1) is 5.92 Å². The standard InChI is InChI=1S/C20H24BrN3O/c1-15(17-6-8-19(21)9-7-17)23-20(25)18-5-3-11-24(14-18)13-16-4-2-10-22-12-16/h2,4,6-10,12,15,18H,3,5,11,13-14H2,1H3,(H,23,25). The van der Waals surface area contributed by atoms with E-state index in [1.807, 2.05) is 43.5 Å². The van der Waals surface area contributed by atoms with Crippen LogP contribution in [-0.4, -0.2) is 28.9 Å². The fourth-order valence-electron chi connectivity index (χ4n) is 3.33. The van der Waals surface area contributed by atoms with Crippen LogP contribution in [0.4, 0.5) is 0 Å². The highest BCUT2D eigenvalue weighted by atomic mass is 79.9. The largest absolute Gasteiger partial charge is 0.349 e. The first kappa shape index (κ1) is 18.1. The van der Waals surface area contributed by atoms with Crippen LogP contribution in [0.5, 0.6) is 0 Å². The summed E-state index contributed by atoms with van der Waals surface area (Å²) in [5, 5.41) is 3.18. The van der Waals surface area contributed by atoms with Crippen LogP contribution in [0.15, 0.2) is 53.3 Å². The number of nitrogens with one attached hydrogen (secondary N) is 1. The Bertz CT molecular complexity index is 690. The first-order chi connectivity index (χ1) is 12.1. The number of pyridine rings is 1. The third-order valence-electron chi connectivity index (χ3n) is 4.73. The van der Waals surface area contributed by atoms with Gasteiger partial charge in [-0.3, -0.25) is 14.7 Å². The fraction of sp³-hybridized carbons (Fsp3) is 0.400. The van der Waals surface area contributed by atoms with Crippen molar-refractivity contribution in [1.82, 2.24) is 15.2 Å². The summed E-state index contributed by atoms with van der Waals surface area (Å²) in [7, 11) is 0. The molecule has 0 bridgehead atoms. The SMILES string of the molecule is CC(NC(=O)C1CCCN(Cc2cccnc2)C1)c1ccc(Br)cc1. The van der Waals surface area contributed by atoms with Gasteiger partial charge in [0.1, 0.15) is 0 Å². The van der Waals surface area contributed by atoms with E-state index in [9.17, 15) is 4.79 Å². The summed E-state index contributed by atoms with van der Waals surface area (Å²) in [4.78, 5) is 19.2. The fourth-order valence-corrected chi connectivity index (χ4v) is 3.59. The Labute approximate surface area is 157 Å². The summed E-state index contributed by atoms with van der Waals surface area (Å²) in [6, 6.07) is 12.2. The molecule has 2 atom stereocenters. The molecule has 0 saturated carbocycles. The molecule has 1 N–H and O–H groups in total. The third kappa shape index (κ3) is 5.13. The van der Waals surface area contributed by atoms with Crippen molar-refractivity contribution in [2.75, 3.05) is 13.1 Å². The molecule has 2 heterocycles. The zero-order chi connectivity index (χ0) is 17.6. The monoisotopic (exact) mass is 401 g/mol. The van der Waals surface area contributed by atoms with Crippen LogP contribution in [0.2, 0.25) is 0 Å². The van der Waals surface area contributed by atoms with Crippen molar-refractivity contribution in [3.63, 3.8) is 0 Å². The van der Waals surface area contributed by atoms with Crippen molar-refractivity contribution in [2.24, 2.45) is 5.92 Å². The van der Waals surface area contributed by atoms with Gasteiger partial charge in [-0.1, -0.05) is 34.1 Å². The molecule has 1 aromatic carbocycles. The van der Waals surface area contributed by atoms with Gasteiger partial charge in [0.2, 0.25) is 5.91 Å². The summed E-state index contributed by atoms with van der Waals surface area (Å²) in [6.07, 6.45) is 5.71. The van der Waals surface area contributed by atoms with E-state index in [2.05, 4.69) is 37.2 Å². The summed E-state index contributed by atoms with van der Waals surface area (Å²) in [5.41, 5.74) is 2.33. The minimum absolute atomic E-state index is 0.0225. The molecule has 0 radical (unpaired) electrons. The number of likely N-dealkylation sites (tertiary alicyclic amines) is 1. The predicted molar refractivity (Wildman–Crippen MR) is 103 cm³/mol. The van der Waals surface area contributed by atoms with Crippen molar-refractivity contribution >= 4 is 21.8 Å². The highest BCUT2D eigenvalue weighted by Gasteiger charge is 2.26. The summed E-state index contributed by atoms with van der Waals surface area (Å²) < 4.78 is 1.05. The lowest BCUT2D eigenvalue weighted by Gasteiger charge is -2.32. The van der Waals surface area contributed by atoms with E-state index in [0.717, 1.165) is 42.5 Å². The number of halogens is 1. The molecule has 1 aliphatic heterocycles. The molecule has 132 valence electrons. The number of rotatable bonds is 5. The number of piperidine rings is 1. The number of amides is 1. The minimum Gasteiger partial charge on any atom is -0.349 e. The number of hydrogen-bond acceptors (Lipinski definition) is 3. The summed E-state index contributed by atoms with van der Waals surface area (Å²) >= 11 is 3.44. The average molecular weight is 402 g/mol. The molecule has 0 aliphatic carbocycles.